The van der Waals surface area contributed by atoms with Crippen LogP contribution in [0.5, 0.6) is 5.75 Å². The van der Waals surface area contributed by atoms with E-state index in [-0.39, 0.29) is 0 Å². The summed E-state index contributed by atoms with van der Waals surface area (Å²) in [6.07, 6.45) is 0.540. The van der Waals surface area contributed by atoms with E-state index in [2.05, 4.69) is 26.5 Å². The fourth-order valence-corrected chi connectivity index (χ4v) is 3.42. The molecule has 0 aliphatic heterocycles. The molecule has 0 amide bonds. The molecule has 156 valence electrons. The summed E-state index contributed by atoms with van der Waals surface area (Å²) in [5.41, 5.74) is 4.10. The van der Waals surface area contributed by atoms with Gasteiger partial charge in [0.25, 0.3) is 0 Å². The summed E-state index contributed by atoms with van der Waals surface area (Å²) in [4.78, 5) is 11.6. The summed E-state index contributed by atoms with van der Waals surface area (Å²) in [6, 6.07) is 15.4. The zero-order chi connectivity index (χ0) is 21.6. The van der Waals surface area contributed by atoms with Crippen molar-refractivity contribution in [1.29, 1.82) is 5.26 Å². The molecule has 0 bridgehead atoms. The van der Waals surface area contributed by atoms with Crippen molar-refractivity contribution in [1.82, 2.24) is 25.1 Å². The topological polar surface area (TPSA) is 99.9 Å². The second-order valence-corrected chi connectivity index (χ2v) is 8.01. The first kappa shape index (κ1) is 20.7. The highest BCUT2D eigenvalue weighted by Crippen LogP contribution is 2.28. The molecule has 0 saturated carbocycles. The average Bonchev–Trinajstić information content (AvgIpc) is 3.27. The number of nitrogens with one attached hydrogen (secondary N) is 1. The second-order valence-electron chi connectivity index (χ2n) is 7.17. The molecule has 4 aromatic rings. The van der Waals surface area contributed by atoms with Gasteiger partial charge in [-0.1, -0.05) is 23.5 Å². The van der Waals surface area contributed by atoms with E-state index >= 15 is 0 Å². The summed E-state index contributed by atoms with van der Waals surface area (Å²) in [6.45, 7) is 1.42. The van der Waals surface area contributed by atoms with Crippen molar-refractivity contribution in [2.45, 2.75) is 6.42 Å². The van der Waals surface area contributed by atoms with Gasteiger partial charge in [0.05, 0.1) is 17.1 Å². The molecule has 2 aromatic heterocycles. The third-order valence-electron chi connectivity index (χ3n) is 4.55. The molecular weight excluding hydrogens is 410 g/mol. The van der Waals surface area contributed by atoms with Crippen molar-refractivity contribution in [2.24, 2.45) is 0 Å². The first-order chi connectivity index (χ1) is 15.1. The number of nitriles is 1. The van der Waals surface area contributed by atoms with Gasteiger partial charge in [0.15, 0.2) is 0 Å². The van der Waals surface area contributed by atoms with Crippen molar-refractivity contribution >= 4 is 33.2 Å². The Kier molecular flexibility index (Phi) is 6.31. The van der Waals surface area contributed by atoms with Crippen LogP contribution < -0.4 is 10.1 Å². The van der Waals surface area contributed by atoms with Crippen LogP contribution in [0.3, 0.4) is 0 Å². The minimum atomic E-state index is 0.540. The number of hydrogen-bond acceptors (Lipinski definition) is 9. The smallest absolute Gasteiger partial charge is 0.211 e. The molecule has 0 radical (unpaired) electrons. The lowest BCUT2D eigenvalue weighted by molar-refractivity contribution is 0.261. The van der Waals surface area contributed by atoms with Gasteiger partial charge in [-0.05, 0) is 43.9 Å². The van der Waals surface area contributed by atoms with E-state index in [1.165, 1.54) is 11.3 Å². The van der Waals surface area contributed by atoms with E-state index in [0.717, 1.165) is 28.8 Å². The molecule has 1 N–H and O–H groups in total. The van der Waals surface area contributed by atoms with Crippen molar-refractivity contribution in [3.05, 3.63) is 64.9 Å². The molecule has 0 unspecified atom stereocenters. The standard InChI is InChI=1S/C22H21N7OS/c1-29(2)9-10-30-17-7-8-18-19(12-17)25-20(11-15-3-5-16(13-23)6-4-15)26-21(18)27-22-28-24-14-31-22/h3-8,12,14H,9-11H2,1-2H3,(H,25,26,27,28). The van der Waals surface area contributed by atoms with Gasteiger partial charge in [0.2, 0.25) is 5.13 Å². The van der Waals surface area contributed by atoms with Crippen LogP contribution in [0.25, 0.3) is 10.9 Å². The molecule has 31 heavy (non-hydrogen) atoms. The number of ether oxygens (including phenoxy) is 1. The van der Waals surface area contributed by atoms with Crippen molar-refractivity contribution < 1.29 is 4.74 Å². The highest BCUT2D eigenvalue weighted by atomic mass is 32.1. The van der Waals surface area contributed by atoms with E-state index in [9.17, 15) is 0 Å². The van der Waals surface area contributed by atoms with Gasteiger partial charge >= 0.3 is 0 Å². The van der Waals surface area contributed by atoms with E-state index < -0.39 is 0 Å². The molecule has 0 atom stereocenters. The van der Waals surface area contributed by atoms with Crippen molar-refractivity contribution in [3.63, 3.8) is 0 Å². The molecule has 0 aliphatic carbocycles. The van der Waals surface area contributed by atoms with Crippen LogP contribution in [-0.2, 0) is 6.42 Å². The van der Waals surface area contributed by atoms with Gasteiger partial charge in [-0.3, -0.25) is 0 Å². The largest absolute Gasteiger partial charge is 0.492 e. The minimum absolute atomic E-state index is 0.540. The van der Waals surface area contributed by atoms with Crippen LogP contribution in [0.15, 0.2) is 48.0 Å². The van der Waals surface area contributed by atoms with Crippen LogP contribution in [0.2, 0.25) is 0 Å². The number of likely N-dealkylation sites (N-methyl/N-ethyl adjacent to an activating group) is 1. The Morgan fingerprint density at radius 3 is 2.68 bits per heavy atom. The Balaban J connectivity index is 1.67. The van der Waals surface area contributed by atoms with Gasteiger partial charge in [-0.15, -0.1) is 10.2 Å². The monoisotopic (exact) mass is 431 g/mol. The number of rotatable bonds is 8. The van der Waals surface area contributed by atoms with Crippen LogP contribution in [0.1, 0.15) is 17.0 Å². The van der Waals surface area contributed by atoms with Gasteiger partial charge < -0.3 is 15.0 Å². The maximum absolute atomic E-state index is 9.01. The third-order valence-corrected chi connectivity index (χ3v) is 5.16. The van der Waals surface area contributed by atoms with Crippen LogP contribution in [0, 0.1) is 11.3 Å². The predicted molar refractivity (Wildman–Crippen MR) is 121 cm³/mol. The zero-order valence-corrected chi connectivity index (χ0v) is 18.1. The first-order valence-corrected chi connectivity index (χ1v) is 10.6. The summed E-state index contributed by atoms with van der Waals surface area (Å²) in [5, 5.41) is 21.7. The SMILES string of the molecule is CN(C)CCOc1ccc2c(Nc3nncs3)nc(Cc3ccc(C#N)cc3)nc2c1. The lowest BCUT2D eigenvalue weighted by Crippen LogP contribution is -2.19. The summed E-state index contributed by atoms with van der Waals surface area (Å²) in [5.74, 6) is 2.10. The molecule has 9 heteroatoms. The van der Waals surface area contributed by atoms with E-state index in [1.54, 1.807) is 17.6 Å². The number of benzene rings is 2. The molecule has 2 heterocycles. The fraction of sp³-hybridized carbons (Fsp3) is 0.227. The molecule has 0 saturated heterocycles. The summed E-state index contributed by atoms with van der Waals surface area (Å²) in [7, 11) is 4.02. The Morgan fingerprint density at radius 1 is 1.13 bits per heavy atom. The average molecular weight is 432 g/mol. The predicted octanol–water partition coefficient (Wildman–Crippen LogP) is 3.63. The normalized spacial score (nSPS) is 10.9. The second kappa shape index (κ2) is 9.47. The quantitative estimate of drug-likeness (QED) is 0.451. The Bertz CT molecular complexity index is 1200. The number of aromatic nitrogens is 4. The zero-order valence-electron chi connectivity index (χ0n) is 17.2. The van der Waals surface area contributed by atoms with E-state index in [4.69, 9.17) is 20.0 Å². The van der Waals surface area contributed by atoms with Gasteiger partial charge in [-0.25, -0.2) is 9.97 Å². The fourth-order valence-electron chi connectivity index (χ4n) is 2.98. The molecule has 2 aromatic carbocycles. The third kappa shape index (κ3) is 5.31. The van der Waals surface area contributed by atoms with Gasteiger partial charge in [-0.2, -0.15) is 5.26 Å². The molecule has 0 fully saturated rings. The minimum Gasteiger partial charge on any atom is -0.492 e. The lowest BCUT2D eigenvalue weighted by atomic mass is 10.1. The van der Waals surface area contributed by atoms with E-state index in [0.29, 0.717) is 35.4 Å². The Labute approximate surface area is 184 Å². The van der Waals surface area contributed by atoms with Crippen LogP contribution in [-0.4, -0.2) is 52.3 Å². The van der Waals surface area contributed by atoms with Crippen LogP contribution >= 0.6 is 11.3 Å². The van der Waals surface area contributed by atoms with Crippen molar-refractivity contribution in [2.75, 3.05) is 32.6 Å². The van der Waals surface area contributed by atoms with Crippen molar-refractivity contribution in [3.8, 4) is 11.8 Å². The molecule has 8 nitrogen and oxygen atoms in total. The maximum atomic E-state index is 9.01. The first-order valence-electron chi connectivity index (χ1n) is 9.71. The number of nitrogens with zero attached hydrogens (tertiary/aromatic N) is 6. The molecule has 0 aliphatic rings. The lowest BCUT2D eigenvalue weighted by Gasteiger charge is -2.13. The van der Waals surface area contributed by atoms with Gasteiger partial charge in [0, 0.05) is 24.4 Å². The number of anilines is 2. The molecule has 0 spiro atoms. The molecular formula is C22H21N7OS. The number of fused-ring (bicyclic) bond motifs is 1. The Hall–Kier alpha value is -3.61. The highest BCUT2D eigenvalue weighted by molar-refractivity contribution is 7.13. The Morgan fingerprint density at radius 2 is 1.97 bits per heavy atom. The maximum Gasteiger partial charge on any atom is 0.211 e. The van der Waals surface area contributed by atoms with Gasteiger partial charge in [0.1, 0.15) is 29.5 Å². The molecule has 4 rings (SSSR count). The summed E-state index contributed by atoms with van der Waals surface area (Å²) >= 11 is 1.40. The van der Waals surface area contributed by atoms with Crippen LogP contribution in [0.4, 0.5) is 10.9 Å². The number of hydrogen-bond donors (Lipinski definition) is 1. The van der Waals surface area contributed by atoms with E-state index in [1.807, 2.05) is 44.4 Å². The summed E-state index contributed by atoms with van der Waals surface area (Å²) < 4.78 is 5.88. The highest BCUT2D eigenvalue weighted by Gasteiger charge is 2.12.